The summed E-state index contributed by atoms with van der Waals surface area (Å²) in [5, 5.41) is 2.90. The van der Waals surface area contributed by atoms with Gasteiger partial charge in [-0.05, 0) is 44.9 Å². The van der Waals surface area contributed by atoms with Crippen LogP contribution in [0.15, 0.2) is 12.1 Å². The second-order valence-electron chi connectivity index (χ2n) is 4.81. The molecule has 0 aromatic heterocycles. The molecule has 0 unspecified atom stereocenters. The van der Waals surface area contributed by atoms with Crippen LogP contribution in [-0.4, -0.2) is 30.6 Å². The van der Waals surface area contributed by atoms with E-state index in [1.807, 2.05) is 39.8 Å². The van der Waals surface area contributed by atoms with Gasteiger partial charge in [0.1, 0.15) is 0 Å². The van der Waals surface area contributed by atoms with Crippen molar-refractivity contribution >= 4 is 21.8 Å². The van der Waals surface area contributed by atoms with E-state index >= 15 is 0 Å². The Morgan fingerprint density at radius 2 is 1.57 bits per heavy atom. The Balaban J connectivity index is 3.01. The zero-order valence-electron chi connectivity index (χ0n) is 14.3. The minimum Gasteiger partial charge on any atom is -0.490 e. The number of carbonyl (C=O) groups excluding carboxylic acids is 1. The summed E-state index contributed by atoms with van der Waals surface area (Å²) in [4.78, 5) is 11.7. The van der Waals surface area contributed by atoms with Crippen molar-refractivity contribution in [3.63, 3.8) is 0 Å². The molecule has 1 atom stereocenters. The van der Waals surface area contributed by atoms with E-state index in [0.717, 1.165) is 12.0 Å². The molecule has 1 N–H and O–H groups in total. The summed E-state index contributed by atoms with van der Waals surface area (Å²) in [5.41, 5.74) is 0.907. The molecule has 0 heterocycles. The fourth-order valence-electron chi connectivity index (χ4n) is 2.03. The van der Waals surface area contributed by atoms with Crippen LogP contribution in [-0.2, 0) is 11.3 Å². The molecule has 23 heavy (non-hydrogen) atoms. The highest BCUT2D eigenvalue weighted by molar-refractivity contribution is 9.10. The number of amides is 1. The predicted octanol–water partition coefficient (Wildman–Crippen LogP) is 3.67. The first kappa shape index (κ1) is 19.6. The SMILES string of the molecule is CCOc1cc(CNC(=O)[C@@H](Br)CC)cc(OCC)c1OCC. The first-order chi connectivity index (χ1) is 11.1. The molecular formula is C17H26BrNO4. The van der Waals surface area contributed by atoms with Gasteiger partial charge in [-0.15, -0.1) is 0 Å². The van der Waals surface area contributed by atoms with Gasteiger partial charge in [0.05, 0.1) is 24.6 Å². The number of ether oxygens (including phenoxy) is 3. The zero-order chi connectivity index (χ0) is 17.2. The van der Waals surface area contributed by atoms with Crippen LogP contribution in [0.25, 0.3) is 0 Å². The van der Waals surface area contributed by atoms with Gasteiger partial charge in [-0.3, -0.25) is 4.79 Å². The van der Waals surface area contributed by atoms with Crippen molar-refractivity contribution in [3.05, 3.63) is 17.7 Å². The van der Waals surface area contributed by atoms with E-state index in [1.54, 1.807) is 0 Å². The van der Waals surface area contributed by atoms with Crippen molar-refractivity contribution in [1.29, 1.82) is 0 Å². The predicted molar refractivity (Wildman–Crippen MR) is 94.8 cm³/mol. The summed E-state index contributed by atoms with van der Waals surface area (Å²) in [7, 11) is 0. The highest BCUT2D eigenvalue weighted by Gasteiger charge is 2.16. The normalized spacial score (nSPS) is 11.7. The van der Waals surface area contributed by atoms with Crippen molar-refractivity contribution < 1.29 is 19.0 Å². The van der Waals surface area contributed by atoms with Crippen LogP contribution in [0.3, 0.4) is 0 Å². The third-order valence-electron chi connectivity index (χ3n) is 3.08. The van der Waals surface area contributed by atoms with Crippen molar-refractivity contribution in [3.8, 4) is 17.2 Å². The monoisotopic (exact) mass is 387 g/mol. The number of alkyl halides is 1. The molecular weight excluding hydrogens is 362 g/mol. The molecule has 0 bridgehead atoms. The van der Waals surface area contributed by atoms with Crippen molar-refractivity contribution in [2.24, 2.45) is 0 Å². The van der Waals surface area contributed by atoms with Gasteiger partial charge in [0, 0.05) is 6.54 Å². The lowest BCUT2D eigenvalue weighted by atomic mass is 10.1. The molecule has 0 aliphatic heterocycles. The van der Waals surface area contributed by atoms with E-state index in [-0.39, 0.29) is 10.7 Å². The van der Waals surface area contributed by atoms with E-state index in [4.69, 9.17) is 14.2 Å². The van der Waals surface area contributed by atoms with E-state index < -0.39 is 0 Å². The quantitative estimate of drug-likeness (QED) is 0.622. The molecule has 0 fully saturated rings. The second kappa shape index (κ2) is 10.4. The van der Waals surface area contributed by atoms with Gasteiger partial charge < -0.3 is 19.5 Å². The zero-order valence-corrected chi connectivity index (χ0v) is 15.9. The number of nitrogens with one attached hydrogen (secondary N) is 1. The average molecular weight is 388 g/mol. The number of hydrogen-bond donors (Lipinski definition) is 1. The van der Waals surface area contributed by atoms with Crippen molar-refractivity contribution in [1.82, 2.24) is 5.32 Å². The molecule has 130 valence electrons. The Bertz CT molecular complexity index is 480. The maximum atomic E-state index is 11.9. The number of halogens is 1. The lowest BCUT2D eigenvalue weighted by molar-refractivity contribution is -0.120. The van der Waals surface area contributed by atoms with Gasteiger partial charge in [-0.25, -0.2) is 0 Å². The van der Waals surface area contributed by atoms with Gasteiger partial charge in [-0.1, -0.05) is 22.9 Å². The molecule has 5 nitrogen and oxygen atoms in total. The minimum absolute atomic E-state index is 0.0303. The van der Waals surface area contributed by atoms with Gasteiger partial charge in [-0.2, -0.15) is 0 Å². The highest BCUT2D eigenvalue weighted by Crippen LogP contribution is 2.39. The topological polar surface area (TPSA) is 56.8 Å². The lowest BCUT2D eigenvalue weighted by Gasteiger charge is -2.17. The minimum atomic E-state index is -0.178. The first-order valence-corrected chi connectivity index (χ1v) is 8.95. The van der Waals surface area contributed by atoms with Gasteiger partial charge in [0.25, 0.3) is 0 Å². The second-order valence-corrected chi connectivity index (χ2v) is 5.92. The molecule has 1 aromatic rings. The Kier molecular flexibility index (Phi) is 8.84. The van der Waals surface area contributed by atoms with Crippen LogP contribution in [0.5, 0.6) is 17.2 Å². The molecule has 0 spiro atoms. The average Bonchev–Trinajstić information content (AvgIpc) is 2.55. The van der Waals surface area contributed by atoms with Gasteiger partial charge in [0.15, 0.2) is 11.5 Å². The molecule has 0 radical (unpaired) electrons. The number of hydrogen-bond acceptors (Lipinski definition) is 4. The highest BCUT2D eigenvalue weighted by atomic mass is 79.9. The Morgan fingerprint density at radius 3 is 2.00 bits per heavy atom. The lowest BCUT2D eigenvalue weighted by Crippen LogP contribution is -2.30. The van der Waals surface area contributed by atoms with Crippen molar-refractivity contribution in [2.45, 2.75) is 45.5 Å². The summed E-state index contributed by atoms with van der Waals surface area (Å²) in [6, 6.07) is 3.76. The molecule has 0 aliphatic rings. The Morgan fingerprint density at radius 1 is 1.04 bits per heavy atom. The summed E-state index contributed by atoms with van der Waals surface area (Å²) in [5.74, 6) is 1.85. The van der Waals surface area contributed by atoms with Crippen LogP contribution in [0.4, 0.5) is 0 Å². The summed E-state index contributed by atoms with van der Waals surface area (Å²) in [6.45, 7) is 9.70. The van der Waals surface area contributed by atoms with Crippen LogP contribution < -0.4 is 19.5 Å². The summed E-state index contributed by atoms with van der Waals surface area (Å²) >= 11 is 3.35. The van der Waals surface area contributed by atoms with Crippen LogP contribution >= 0.6 is 15.9 Å². The summed E-state index contributed by atoms with van der Waals surface area (Å²) in [6.07, 6.45) is 0.740. The van der Waals surface area contributed by atoms with Crippen LogP contribution in [0, 0.1) is 0 Å². The fourth-order valence-corrected chi connectivity index (χ4v) is 2.19. The smallest absolute Gasteiger partial charge is 0.234 e. The van der Waals surface area contributed by atoms with Crippen molar-refractivity contribution in [2.75, 3.05) is 19.8 Å². The number of carbonyl (C=O) groups is 1. The van der Waals surface area contributed by atoms with Crippen LogP contribution in [0.2, 0.25) is 0 Å². The molecule has 1 rings (SSSR count). The molecule has 1 amide bonds. The fraction of sp³-hybridized carbons (Fsp3) is 0.588. The number of rotatable bonds is 10. The van der Waals surface area contributed by atoms with Gasteiger partial charge in [0.2, 0.25) is 11.7 Å². The maximum Gasteiger partial charge on any atom is 0.234 e. The van der Waals surface area contributed by atoms with E-state index in [9.17, 15) is 4.79 Å². The number of benzene rings is 1. The standard InChI is InChI=1S/C17H26BrNO4/c1-5-13(18)17(20)19-11-12-9-14(21-6-2)16(23-8-4)15(10-12)22-7-3/h9-10,13H,5-8,11H2,1-4H3,(H,19,20)/t13-/m0/s1. The molecule has 0 aliphatic carbocycles. The summed E-state index contributed by atoms with van der Waals surface area (Å²) < 4.78 is 17.0. The molecule has 1 aromatic carbocycles. The van der Waals surface area contributed by atoms with E-state index in [2.05, 4.69) is 21.2 Å². The molecule has 6 heteroatoms. The first-order valence-electron chi connectivity index (χ1n) is 8.04. The molecule has 0 saturated heterocycles. The van der Waals surface area contributed by atoms with Crippen LogP contribution in [0.1, 0.15) is 39.7 Å². The Labute approximate surface area is 146 Å². The third-order valence-corrected chi connectivity index (χ3v) is 4.14. The maximum absolute atomic E-state index is 11.9. The van der Waals surface area contributed by atoms with E-state index in [0.29, 0.717) is 43.6 Å². The largest absolute Gasteiger partial charge is 0.490 e. The van der Waals surface area contributed by atoms with E-state index in [1.165, 1.54) is 0 Å². The van der Waals surface area contributed by atoms with Gasteiger partial charge >= 0.3 is 0 Å². The molecule has 0 saturated carbocycles. The third kappa shape index (κ3) is 5.94. The Hall–Kier alpha value is -1.43.